The van der Waals surface area contributed by atoms with Gasteiger partial charge in [0.25, 0.3) is 0 Å². The summed E-state index contributed by atoms with van der Waals surface area (Å²) < 4.78 is 0.555. The first-order chi connectivity index (χ1) is 11.8. The summed E-state index contributed by atoms with van der Waals surface area (Å²) >= 11 is 0. The van der Waals surface area contributed by atoms with Gasteiger partial charge in [-0.3, -0.25) is 4.48 Å². The second-order valence-corrected chi connectivity index (χ2v) is 6.74. The van der Waals surface area contributed by atoms with Gasteiger partial charge in [-0.25, -0.2) is 0 Å². The van der Waals surface area contributed by atoms with E-state index in [1.165, 1.54) is 0 Å². The molecule has 1 aliphatic rings. The molecular formula is C22H34NO2+. The van der Waals surface area contributed by atoms with Crippen LogP contribution in [0.15, 0.2) is 73.2 Å². The second kappa shape index (κ2) is 9.71. The van der Waals surface area contributed by atoms with Gasteiger partial charge in [0.15, 0.2) is 5.79 Å². The minimum atomic E-state index is -1.94. The van der Waals surface area contributed by atoms with Crippen molar-refractivity contribution >= 4 is 0 Å². The van der Waals surface area contributed by atoms with Gasteiger partial charge in [0, 0.05) is 17.9 Å². The molecule has 0 aliphatic heterocycles. The Morgan fingerprint density at radius 3 is 2.56 bits per heavy atom. The predicted octanol–water partition coefficient (Wildman–Crippen LogP) is 4.59. The average Bonchev–Trinajstić information content (AvgIpc) is 2.61. The fourth-order valence-electron chi connectivity index (χ4n) is 3.09. The van der Waals surface area contributed by atoms with E-state index < -0.39 is 5.79 Å². The van der Waals surface area contributed by atoms with E-state index in [1.54, 1.807) is 6.08 Å². The minimum Gasteiger partial charge on any atom is -0.361 e. The number of nitrogens with zero attached hydrogens (tertiary/aromatic N) is 1. The van der Waals surface area contributed by atoms with Crippen LogP contribution in [0.1, 0.15) is 40.0 Å². The smallest absolute Gasteiger partial charge is 0.196 e. The van der Waals surface area contributed by atoms with Crippen LogP contribution in [0.25, 0.3) is 0 Å². The molecule has 3 heteroatoms. The number of hydrogen-bond donors (Lipinski definition) is 2. The number of hydrogen-bond acceptors (Lipinski definition) is 2. The summed E-state index contributed by atoms with van der Waals surface area (Å²) in [6, 6.07) is 0.282. The molecule has 2 N–H and O–H groups in total. The zero-order valence-electron chi connectivity index (χ0n) is 16.1. The molecule has 25 heavy (non-hydrogen) atoms. The quantitative estimate of drug-likeness (QED) is 0.278. The number of allylic oxidation sites excluding steroid dienone is 5. The molecule has 0 bridgehead atoms. The number of likely N-dealkylation sites (N-methyl/N-ethyl adjacent to an activating group) is 1. The van der Waals surface area contributed by atoms with E-state index in [2.05, 4.69) is 45.8 Å². The lowest BCUT2D eigenvalue weighted by molar-refractivity contribution is -0.827. The normalized spacial score (nSPS) is 22.1. The Balaban J connectivity index is 3.03. The molecule has 0 radical (unpaired) electrons. The fourth-order valence-corrected chi connectivity index (χ4v) is 3.09. The van der Waals surface area contributed by atoms with Crippen molar-refractivity contribution in [1.82, 2.24) is 0 Å². The molecule has 2 unspecified atom stereocenters. The van der Waals surface area contributed by atoms with E-state index >= 15 is 0 Å². The summed E-state index contributed by atoms with van der Waals surface area (Å²) in [6.07, 6.45) is 22.4. The molecule has 0 aromatic heterocycles. The summed E-state index contributed by atoms with van der Waals surface area (Å²) in [5, 5.41) is 21.1. The summed E-state index contributed by atoms with van der Waals surface area (Å²) in [5.74, 6) is -2.32. The van der Waals surface area contributed by atoms with Crippen molar-refractivity contribution in [3.05, 3.63) is 73.2 Å². The summed E-state index contributed by atoms with van der Waals surface area (Å²) in [7, 11) is 2.11. The van der Waals surface area contributed by atoms with Gasteiger partial charge in [0.2, 0.25) is 0 Å². The maximum atomic E-state index is 10.6. The highest BCUT2D eigenvalue weighted by Crippen LogP contribution is 2.30. The first-order valence-electron chi connectivity index (χ1n) is 9.14. The molecule has 1 rings (SSSR count). The van der Waals surface area contributed by atoms with Crippen LogP contribution in [-0.4, -0.2) is 33.6 Å². The largest absolute Gasteiger partial charge is 0.361 e. The topological polar surface area (TPSA) is 40.5 Å². The van der Waals surface area contributed by atoms with E-state index in [9.17, 15) is 10.2 Å². The monoisotopic (exact) mass is 344 g/mol. The molecule has 0 amide bonds. The van der Waals surface area contributed by atoms with Crippen LogP contribution in [0.4, 0.5) is 0 Å². The van der Waals surface area contributed by atoms with Crippen molar-refractivity contribution < 1.29 is 14.7 Å². The molecule has 3 nitrogen and oxygen atoms in total. The van der Waals surface area contributed by atoms with E-state index in [0.717, 1.165) is 12.8 Å². The van der Waals surface area contributed by atoms with Crippen molar-refractivity contribution in [3.8, 4) is 0 Å². The van der Waals surface area contributed by atoms with E-state index in [0.29, 0.717) is 16.5 Å². The average molecular weight is 345 g/mol. The highest BCUT2D eigenvalue weighted by atomic mass is 16.5. The highest BCUT2D eigenvalue weighted by molar-refractivity contribution is 5.27. The van der Waals surface area contributed by atoms with Crippen molar-refractivity contribution in [2.75, 3.05) is 7.05 Å². The molecule has 0 spiro atoms. The Morgan fingerprint density at radius 1 is 1.32 bits per heavy atom. The van der Waals surface area contributed by atoms with E-state index in [4.69, 9.17) is 0 Å². The van der Waals surface area contributed by atoms with Gasteiger partial charge in [0.1, 0.15) is 12.2 Å². The lowest BCUT2D eigenvalue weighted by Crippen LogP contribution is -2.42. The Labute approximate surface area is 153 Å². The zero-order valence-corrected chi connectivity index (χ0v) is 16.1. The third-order valence-electron chi connectivity index (χ3n) is 4.76. The standard InChI is InChI=1S/C22H34NO2/c1-6-9-15-21(8-3)23(5,17-7-2)18-16-19(4)22(24,25)20-13-11-10-12-14-20/h7,9-13,15-18,20-21,24-25H,4,6,8,14H2,1-3,5H3/q+1/b15-9?,17-7-,18-16-/t20?,21?,23-/m1/s1. The van der Waals surface area contributed by atoms with Gasteiger partial charge in [-0.15, -0.1) is 0 Å². The number of aliphatic hydroxyl groups is 2. The summed E-state index contributed by atoms with van der Waals surface area (Å²) in [6.45, 7) is 10.2. The van der Waals surface area contributed by atoms with Gasteiger partial charge in [-0.2, -0.15) is 0 Å². The Morgan fingerprint density at radius 2 is 2.04 bits per heavy atom. The molecule has 0 fully saturated rings. The molecule has 0 saturated heterocycles. The molecule has 0 aromatic carbocycles. The van der Waals surface area contributed by atoms with Gasteiger partial charge in [-0.1, -0.05) is 50.8 Å². The van der Waals surface area contributed by atoms with Crippen LogP contribution < -0.4 is 0 Å². The number of quaternary nitrogens is 1. The molecule has 0 saturated carbocycles. The van der Waals surface area contributed by atoms with Crippen molar-refractivity contribution in [2.45, 2.75) is 51.9 Å². The van der Waals surface area contributed by atoms with Crippen LogP contribution >= 0.6 is 0 Å². The van der Waals surface area contributed by atoms with Crippen molar-refractivity contribution in [2.24, 2.45) is 5.92 Å². The van der Waals surface area contributed by atoms with Crippen LogP contribution in [0, 0.1) is 5.92 Å². The van der Waals surface area contributed by atoms with Crippen LogP contribution in [0.2, 0.25) is 0 Å². The third-order valence-corrected chi connectivity index (χ3v) is 4.76. The maximum Gasteiger partial charge on any atom is 0.196 e. The lowest BCUT2D eigenvalue weighted by Gasteiger charge is -2.34. The van der Waals surface area contributed by atoms with Crippen LogP contribution in [0.5, 0.6) is 0 Å². The third kappa shape index (κ3) is 5.67. The molecule has 0 aromatic rings. The van der Waals surface area contributed by atoms with Crippen molar-refractivity contribution in [3.63, 3.8) is 0 Å². The molecule has 3 atom stereocenters. The van der Waals surface area contributed by atoms with Crippen molar-refractivity contribution in [1.29, 1.82) is 0 Å². The first-order valence-corrected chi connectivity index (χ1v) is 9.14. The van der Waals surface area contributed by atoms with Crippen LogP contribution in [-0.2, 0) is 0 Å². The molecule has 138 valence electrons. The van der Waals surface area contributed by atoms with Gasteiger partial charge < -0.3 is 10.2 Å². The first kappa shape index (κ1) is 21.4. The second-order valence-electron chi connectivity index (χ2n) is 6.74. The zero-order chi connectivity index (χ0) is 18.9. The summed E-state index contributed by atoms with van der Waals surface area (Å²) in [5.41, 5.74) is 0.306. The Bertz CT molecular complexity index is 581. The highest BCUT2D eigenvalue weighted by Gasteiger charge is 2.35. The molecule has 0 heterocycles. The summed E-state index contributed by atoms with van der Waals surface area (Å²) in [4.78, 5) is 0. The van der Waals surface area contributed by atoms with Gasteiger partial charge in [-0.05, 0) is 38.0 Å². The molecular weight excluding hydrogens is 310 g/mol. The maximum absolute atomic E-state index is 10.6. The van der Waals surface area contributed by atoms with Gasteiger partial charge >= 0.3 is 0 Å². The lowest BCUT2D eigenvalue weighted by atomic mass is 9.87. The minimum absolute atomic E-state index is 0.282. The van der Waals surface area contributed by atoms with E-state index in [1.807, 2.05) is 43.5 Å². The van der Waals surface area contributed by atoms with Crippen LogP contribution in [0.3, 0.4) is 0 Å². The Hall–Kier alpha value is -1.68. The fraction of sp³-hybridized carbons (Fsp3) is 0.455. The van der Waals surface area contributed by atoms with E-state index in [-0.39, 0.29) is 12.0 Å². The SMILES string of the molecule is C=C(/C=C\[N@@+](C)(/C=C\C)C(C=CCC)CC)C(O)(O)C1C=CC=CC1. The Kier molecular flexibility index (Phi) is 8.30. The van der Waals surface area contributed by atoms with Gasteiger partial charge in [0.05, 0.1) is 13.2 Å². The number of rotatable bonds is 9. The predicted molar refractivity (Wildman–Crippen MR) is 106 cm³/mol. The molecule has 1 aliphatic carbocycles.